The first-order valence-electron chi connectivity index (χ1n) is 8.43. The van der Waals surface area contributed by atoms with E-state index in [4.69, 9.17) is 0 Å². The van der Waals surface area contributed by atoms with Crippen LogP contribution in [-0.4, -0.2) is 58.6 Å². The van der Waals surface area contributed by atoms with Gasteiger partial charge in [-0.05, 0) is 64.6 Å². The number of fused-ring (bicyclic) bond motifs is 2. The fourth-order valence-electron chi connectivity index (χ4n) is 4.84. The summed E-state index contributed by atoms with van der Waals surface area (Å²) in [4.78, 5) is 16.6. The normalized spacial score (nSPS) is 39.0. The lowest BCUT2D eigenvalue weighted by atomic mass is 9.89. The maximum atomic E-state index is 11.4. The minimum atomic E-state index is -0.566. The number of hydrogen-bond donors (Lipinski definition) is 1. The van der Waals surface area contributed by atoms with Gasteiger partial charge in [0.1, 0.15) is 0 Å². The van der Waals surface area contributed by atoms with Crippen molar-refractivity contribution < 1.29 is 9.90 Å². The predicted octanol–water partition coefficient (Wildman–Crippen LogP) is 2.19. The van der Waals surface area contributed by atoms with Crippen molar-refractivity contribution in [1.82, 2.24) is 9.80 Å². The highest BCUT2D eigenvalue weighted by molar-refractivity contribution is 5.71. The van der Waals surface area contributed by atoms with Gasteiger partial charge in [-0.25, -0.2) is 0 Å². The minimum Gasteiger partial charge on any atom is -0.481 e. The molecule has 0 aromatic rings. The number of aliphatic carboxylic acids is 1. The molecule has 0 spiro atoms. The Morgan fingerprint density at radius 2 is 2.00 bits per heavy atom. The summed E-state index contributed by atoms with van der Waals surface area (Å²) >= 11 is 0. The highest BCUT2D eigenvalue weighted by atomic mass is 16.4. The number of carbonyl (C=O) groups is 1. The second kappa shape index (κ2) is 6.02. The summed E-state index contributed by atoms with van der Waals surface area (Å²) < 4.78 is 0. The van der Waals surface area contributed by atoms with E-state index in [0.717, 1.165) is 12.8 Å². The number of carboxylic acids is 1. The van der Waals surface area contributed by atoms with Crippen molar-refractivity contribution in [2.75, 3.05) is 19.6 Å². The van der Waals surface area contributed by atoms with Gasteiger partial charge in [0.25, 0.3) is 0 Å². The molecule has 3 aliphatic heterocycles. The van der Waals surface area contributed by atoms with E-state index in [1.165, 1.54) is 51.7 Å². The van der Waals surface area contributed by atoms with Gasteiger partial charge in [-0.2, -0.15) is 0 Å². The molecule has 3 saturated heterocycles. The average molecular weight is 280 g/mol. The molecule has 0 radical (unpaired) electrons. The fraction of sp³-hybridized carbons (Fsp3) is 0.938. The lowest BCUT2D eigenvalue weighted by molar-refractivity contribution is -0.142. The average Bonchev–Trinajstić information content (AvgIpc) is 2.91. The Morgan fingerprint density at radius 1 is 1.15 bits per heavy atom. The van der Waals surface area contributed by atoms with Crippen LogP contribution in [-0.2, 0) is 4.79 Å². The zero-order valence-electron chi connectivity index (χ0n) is 12.6. The summed E-state index contributed by atoms with van der Waals surface area (Å²) in [5.41, 5.74) is 0. The van der Waals surface area contributed by atoms with Crippen LogP contribution < -0.4 is 0 Å². The molecule has 4 nitrogen and oxygen atoms in total. The SMILES string of the molecule is CCCN1CCCC(N2C3CCC2C(C(=O)O)C3)CC1. The topological polar surface area (TPSA) is 43.8 Å². The second-order valence-corrected chi connectivity index (χ2v) is 6.85. The number of likely N-dealkylation sites (tertiary alicyclic amines) is 1. The molecule has 3 aliphatic rings. The highest BCUT2D eigenvalue weighted by Gasteiger charge is 2.51. The Labute approximate surface area is 122 Å². The van der Waals surface area contributed by atoms with Crippen LogP contribution in [0.1, 0.15) is 51.9 Å². The second-order valence-electron chi connectivity index (χ2n) is 6.85. The Morgan fingerprint density at radius 3 is 2.70 bits per heavy atom. The van der Waals surface area contributed by atoms with Crippen molar-refractivity contribution >= 4 is 5.97 Å². The molecule has 114 valence electrons. The quantitative estimate of drug-likeness (QED) is 0.857. The molecule has 3 fully saturated rings. The summed E-state index contributed by atoms with van der Waals surface area (Å²) in [7, 11) is 0. The molecule has 0 aliphatic carbocycles. The fourth-order valence-corrected chi connectivity index (χ4v) is 4.84. The summed E-state index contributed by atoms with van der Waals surface area (Å²) in [5.74, 6) is -0.660. The van der Waals surface area contributed by atoms with E-state index >= 15 is 0 Å². The van der Waals surface area contributed by atoms with Crippen LogP contribution in [0.3, 0.4) is 0 Å². The van der Waals surface area contributed by atoms with Crippen LogP contribution in [0.2, 0.25) is 0 Å². The van der Waals surface area contributed by atoms with Gasteiger partial charge in [-0.1, -0.05) is 6.92 Å². The third-order valence-corrected chi connectivity index (χ3v) is 5.66. The van der Waals surface area contributed by atoms with E-state index in [1.807, 2.05) is 0 Å². The van der Waals surface area contributed by atoms with Gasteiger partial charge in [-0.3, -0.25) is 9.69 Å². The lowest BCUT2D eigenvalue weighted by Crippen LogP contribution is -2.41. The monoisotopic (exact) mass is 280 g/mol. The third-order valence-electron chi connectivity index (χ3n) is 5.66. The molecule has 1 N–H and O–H groups in total. The van der Waals surface area contributed by atoms with Gasteiger partial charge in [0, 0.05) is 18.1 Å². The number of carboxylic acid groups (broad SMARTS) is 1. The summed E-state index contributed by atoms with van der Waals surface area (Å²) in [5, 5.41) is 9.38. The predicted molar refractivity (Wildman–Crippen MR) is 78.8 cm³/mol. The van der Waals surface area contributed by atoms with Crippen LogP contribution in [0.4, 0.5) is 0 Å². The molecule has 2 bridgehead atoms. The van der Waals surface area contributed by atoms with Crippen molar-refractivity contribution in [1.29, 1.82) is 0 Å². The summed E-state index contributed by atoms with van der Waals surface area (Å²) in [6, 6.07) is 1.53. The van der Waals surface area contributed by atoms with Gasteiger partial charge in [-0.15, -0.1) is 0 Å². The first kappa shape index (κ1) is 14.3. The van der Waals surface area contributed by atoms with E-state index in [2.05, 4.69) is 16.7 Å². The number of rotatable bonds is 4. The molecule has 3 rings (SSSR count). The first-order valence-corrected chi connectivity index (χ1v) is 8.43. The molecule has 20 heavy (non-hydrogen) atoms. The maximum Gasteiger partial charge on any atom is 0.308 e. The zero-order chi connectivity index (χ0) is 14.1. The van der Waals surface area contributed by atoms with Crippen molar-refractivity contribution in [3.63, 3.8) is 0 Å². The molecule has 0 amide bonds. The smallest absolute Gasteiger partial charge is 0.308 e. The van der Waals surface area contributed by atoms with Gasteiger partial charge in [0.2, 0.25) is 0 Å². The Hall–Kier alpha value is -0.610. The summed E-state index contributed by atoms with van der Waals surface area (Å²) in [6.45, 7) is 5.90. The van der Waals surface area contributed by atoms with E-state index in [0.29, 0.717) is 18.1 Å². The van der Waals surface area contributed by atoms with Gasteiger partial charge >= 0.3 is 5.97 Å². The van der Waals surface area contributed by atoms with Gasteiger partial charge < -0.3 is 10.0 Å². The molecule has 0 saturated carbocycles. The highest BCUT2D eigenvalue weighted by Crippen LogP contribution is 2.44. The van der Waals surface area contributed by atoms with Gasteiger partial charge in [0.05, 0.1) is 5.92 Å². The van der Waals surface area contributed by atoms with E-state index < -0.39 is 5.97 Å². The van der Waals surface area contributed by atoms with Crippen LogP contribution in [0.15, 0.2) is 0 Å². The first-order chi connectivity index (χ1) is 9.70. The van der Waals surface area contributed by atoms with Crippen molar-refractivity contribution in [3.8, 4) is 0 Å². The summed E-state index contributed by atoms with van der Waals surface area (Å²) in [6.07, 6.45) is 8.24. The molecule has 4 atom stereocenters. The Bertz CT molecular complexity index is 360. The van der Waals surface area contributed by atoms with E-state index in [1.54, 1.807) is 0 Å². The molecule has 4 unspecified atom stereocenters. The van der Waals surface area contributed by atoms with E-state index in [9.17, 15) is 9.90 Å². The standard InChI is InChI=1S/C16H28N2O2/c1-2-8-17-9-3-4-12(7-10-17)18-13-5-6-15(18)14(11-13)16(19)20/h12-15H,2-11H2,1H3,(H,19,20). The maximum absolute atomic E-state index is 11.4. The Kier molecular flexibility index (Phi) is 4.32. The van der Waals surface area contributed by atoms with Crippen molar-refractivity contribution in [2.24, 2.45) is 5.92 Å². The number of hydrogen-bond acceptors (Lipinski definition) is 3. The molecule has 4 heteroatoms. The molecule has 0 aromatic heterocycles. The van der Waals surface area contributed by atoms with E-state index in [-0.39, 0.29) is 5.92 Å². The van der Waals surface area contributed by atoms with Crippen molar-refractivity contribution in [3.05, 3.63) is 0 Å². The molecule has 3 heterocycles. The Balaban J connectivity index is 1.63. The molecular formula is C16H28N2O2. The third kappa shape index (κ3) is 2.60. The minimum absolute atomic E-state index is 0.0938. The molecule has 0 aromatic carbocycles. The largest absolute Gasteiger partial charge is 0.481 e. The lowest BCUT2D eigenvalue weighted by Gasteiger charge is -2.32. The molecular weight excluding hydrogens is 252 g/mol. The zero-order valence-corrected chi connectivity index (χ0v) is 12.6. The van der Waals surface area contributed by atoms with Gasteiger partial charge in [0.15, 0.2) is 0 Å². The van der Waals surface area contributed by atoms with Crippen LogP contribution in [0, 0.1) is 5.92 Å². The van der Waals surface area contributed by atoms with Crippen LogP contribution in [0.5, 0.6) is 0 Å². The van der Waals surface area contributed by atoms with Crippen LogP contribution >= 0.6 is 0 Å². The number of nitrogens with zero attached hydrogens (tertiary/aromatic N) is 2. The van der Waals surface area contributed by atoms with Crippen molar-refractivity contribution in [2.45, 2.75) is 70.0 Å². The van der Waals surface area contributed by atoms with Crippen LogP contribution in [0.25, 0.3) is 0 Å².